The first-order chi connectivity index (χ1) is 9.51. The van der Waals surface area contributed by atoms with Crippen molar-refractivity contribution in [1.82, 2.24) is 0 Å². The minimum Gasteiger partial charge on any atom is -0.368 e. The van der Waals surface area contributed by atoms with Crippen LogP contribution in [-0.4, -0.2) is 18.6 Å². The number of benzene rings is 1. The van der Waals surface area contributed by atoms with Crippen LogP contribution in [-0.2, 0) is 6.42 Å². The highest BCUT2D eigenvalue weighted by molar-refractivity contribution is 9.10. The third-order valence-electron chi connectivity index (χ3n) is 4.48. The van der Waals surface area contributed by atoms with Crippen LogP contribution in [0.4, 0.5) is 5.69 Å². The van der Waals surface area contributed by atoms with Gasteiger partial charge in [0, 0.05) is 23.1 Å². The molecule has 2 N–H and O–H groups in total. The maximum absolute atomic E-state index is 6.05. The van der Waals surface area contributed by atoms with Crippen LogP contribution in [0.1, 0.15) is 45.6 Å². The summed E-state index contributed by atoms with van der Waals surface area (Å²) in [7, 11) is 0. The highest BCUT2D eigenvalue weighted by Gasteiger charge is 2.24. The number of anilines is 1. The third kappa shape index (κ3) is 3.76. The Morgan fingerprint density at radius 2 is 2.15 bits per heavy atom. The Balaban J connectivity index is 2.13. The number of piperidine rings is 1. The fraction of sp³-hybridized carbons (Fsp3) is 0.647. The molecule has 3 atom stereocenters. The quantitative estimate of drug-likeness (QED) is 0.883. The number of nitrogens with zero attached hydrogens (tertiary/aromatic N) is 1. The first-order valence-electron chi connectivity index (χ1n) is 7.81. The smallest absolute Gasteiger partial charge is 0.0513 e. The molecule has 112 valence electrons. The van der Waals surface area contributed by atoms with Crippen LogP contribution in [0, 0.1) is 5.92 Å². The van der Waals surface area contributed by atoms with E-state index in [1.807, 2.05) is 0 Å². The Morgan fingerprint density at radius 3 is 2.75 bits per heavy atom. The molecule has 1 aromatic rings. The molecule has 1 heterocycles. The van der Waals surface area contributed by atoms with Crippen molar-refractivity contribution in [2.45, 2.75) is 58.5 Å². The molecule has 0 aliphatic carbocycles. The summed E-state index contributed by atoms with van der Waals surface area (Å²) in [5.41, 5.74) is 8.71. The standard InChI is InChI=1S/C17H27BrN2/c1-4-15(19)10-14-5-6-17(16(18)11-14)20-8-7-12(2)9-13(20)3/h5-6,11-13,15H,4,7-10,19H2,1-3H3. The molecule has 0 amide bonds. The van der Waals surface area contributed by atoms with Crippen molar-refractivity contribution in [3.8, 4) is 0 Å². The van der Waals surface area contributed by atoms with Gasteiger partial charge < -0.3 is 10.6 Å². The van der Waals surface area contributed by atoms with Crippen molar-refractivity contribution in [2.24, 2.45) is 11.7 Å². The van der Waals surface area contributed by atoms with E-state index in [2.05, 4.69) is 59.8 Å². The van der Waals surface area contributed by atoms with Gasteiger partial charge in [0.05, 0.1) is 5.69 Å². The summed E-state index contributed by atoms with van der Waals surface area (Å²) < 4.78 is 1.21. The topological polar surface area (TPSA) is 29.3 Å². The summed E-state index contributed by atoms with van der Waals surface area (Å²) in [6, 6.07) is 7.63. The van der Waals surface area contributed by atoms with Crippen molar-refractivity contribution in [2.75, 3.05) is 11.4 Å². The third-order valence-corrected chi connectivity index (χ3v) is 5.12. The van der Waals surface area contributed by atoms with Gasteiger partial charge in [0.15, 0.2) is 0 Å². The summed E-state index contributed by atoms with van der Waals surface area (Å²) >= 11 is 3.75. The molecule has 20 heavy (non-hydrogen) atoms. The molecule has 1 aromatic carbocycles. The van der Waals surface area contributed by atoms with Gasteiger partial charge in [-0.1, -0.05) is 19.9 Å². The van der Waals surface area contributed by atoms with Crippen LogP contribution in [0.3, 0.4) is 0 Å². The molecule has 1 aliphatic heterocycles. The molecule has 0 radical (unpaired) electrons. The van der Waals surface area contributed by atoms with Crippen molar-refractivity contribution in [3.05, 3.63) is 28.2 Å². The molecule has 3 unspecified atom stereocenters. The van der Waals surface area contributed by atoms with Crippen LogP contribution in [0.15, 0.2) is 22.7 Å². The lowest BCUT2D eigenvalue weighted by atomic mass is 9.93. The van der Waals surface area contributed by atoms with Crippen LogP contribution < -0.4 is 10.6 Å². The number of halogens is 1. The van der Waals surface area contributed by atoms with E-state index in [4.69, 9.17) is 5.73 Å². The zero-order valence-electron chi connectivity index (χ0n) is 12.9. The molecule has 0 aromatic heterocycles. The summed E-state index contributed by atoms with van der Waals surface area (Å²) in [5, 5.41) is 0. The molecule has 1 aliphatic rings. The second-order valence-corrected chi connectivity index (χ2v) is 7.18. The molecule has 1 fully saturated rings. The minimum absolute atomic E-state index is 0.266. The molecule has 3 heteroatoms. The predicted molar refractivity (Wildman–Crippen MR) is 91.3 cm³/mol. The average molecular weight is 339 g/mol. The molecule has 0 saturated carbocycles. The van der Waals surface area contributed by atoms with Gasteiger partial charge in [0.25, 0.3) is 0 Å². The highest BCUT2D eigenvalue weighted by Crippen LogP contribution is 2.33. The molecule has 0 spiro atoms. The number of hydrogen-bond donors (Lipinski definition) is 1. The van der Waals surface area contributed by atoms with E-state index in [1.165, 1.54) is 28.6 Å². The lowest BCUT2D eigenvalue weighted by Crippen LogP contribution is -2.40. The summed E-state index contributed by atoms with van der Waals surface area (Å²) in [5.74, 6) is 0.849. The van der Waals surface area contributed by atoms with Crippen LogP contribution >= 0.6 is 15.9 Å². The van der Waals surface area contributed by atoms with Gasteiger partial charge >= 0.3 is 0 Å². The van der Waals surface area contributed by atoms with Crippen molar-refractivity contribution in [1.29, 1.82) is 0 Å². The van der Waals surface area contributed by atoms with Gasteiger partial charge in [-0.3, -0.25) is 0 Å². The summed E-state index contributed by atoms with van der Waals surface area (Å²) in [6.07, 6.45) is 4.57. The normalized spacial score (nSPS) is 24.8. The first-order valence-corrected chi connectivity index (χ1v) is 8.61. The van der Waals surface area contributed by atoms with Gasteiger partial charge in [0.2, 0.25) is 0 Å². The Hall–Kier alpha value is -0.540. The predicted octanol–water partition coefficient (Wildman–Crippen LogP) is 4.35. The van der Waals surface area contributed by atoms with Crippen LogP contribution in [0.2, 0.25) is 0 Å². The maximum Gasteiger partial charge on any atom is 0.0513 e. The molecule has 0 bridgehead atoms. The molecule has 2 nitrogen and oxygen atoms in total. The van der Waals surface area contributed by atoms with E-state index >= 15 is 0 Å². The number of nitrogens with two attached hydrogens (primary N) is 1. The number of rotatable bonds is 4. The van der Waals surface area contributed by atoms with Crippen LogP contribution in [0.5, 0.6) is 0 Å². The zero-order valence-corrected chi connectivity index (χ0v) is 14.5. The fourth-order valence-electron chi connectivity index (χ4n) is 3.12. The van der Waals surface area contributed by atoms with Gasteiger partial charge in [-0.25, -0.2) is 0 Å². The Morgan fingerprint density at radius 1 is 1.40 bits per heavy atom. The van der Waals surface area contributed by atoms with Gasteiger partial charge in [0.1, 0.15) is 0 Å². The van der Waals surface area contributed by atoms with Gasteiger partial charge in [-0.15, -0.1) is 0 Å². The monoisotopic (exact) mass is 338 g/mol. The molecule has 2 rings (SSSR count). The lowest BCUT2D eigenvalue weighted by Gasteiger charge is -2.39. The van der Waals surface area contributed by atoms with Gasteiger partial charge in [-0.05, 0) is 72.2 Å². The first kappa shape index (κ1) is 15.8. The number of hydrogen-bond acceptors (Lipinski definition) is 2. The van der Waals surface area contributed by atoms with Crippen LogP contribution in [0.25, 0.3) is 0 Å². The Labute approximate surface area is 131 Å². The SMILES string of the molecule is CCC(N)Cc1ccc(N2CCC(C)CC2C)c(Br)c1. The minimum atomic E-state index is 0.266. The van der Waals surface area contributed by atoms with E-state index in [1.54, 1.807) is 0 Å². The largest absolute Gasteiger partial charge is 0.368 e. The maximum atomic E-state index is 6.05. The summed E-state index contributed by atoms with van der Waals surface area (Å²) in [4.78, 5) is 2.54. The molecular formula is C17H27BrN2. The second-order valence-electron chi connectivity index (χ2n) is 6.33. The fourth-order valence-corrected chi connectivity index (χ4v) is 3.78. The van der Waals surface area contributed by atoms with Crippen molar-refractivity contribution in [3.63, 3.8) is 0 Å². The second kappa shape index (κ2) is 6.95. The van der Waals surface area contributed by atoms with Gasteiger partial charge in [-0.2, -0.15) is 0 Å². The van der Waals surface area contributed by atoms with E-state index in [-0.39, 0.29) is 6.04 Å². The van der Waals surface area contributed by atoms with Crippen molar-refractivity contribution >= 4 is 21.6 Å². The van der Waals surface area contributed by atoms with E-state index < -0.39 is 0 Å². The van der Waals surface area contributed by atoms with Crippen molar-refractivity contribution < 1.29 is 0 Å². The Kier molecular flexibility index (Phi) is 5.50. The highest BCUT2D eigenvalue weighted by atomic mass is 79.9. The lowest BCUT2D eigenvalue weighted by molar-refractivity contribution is 0.377. The van der Waals surface area contributed by atoms with E-state index in [0.29, 0.717) is 6.04 Å². The Bertz CT molecular complexity index is 447. The average Bonchev–Trinajstić information content (AvgIpc) is 2.40. The molecule has 1 saturated heterocycles. The zero-order chi connectivity index (χ0) is 14.7. The molecular weight excluding hydrogens is 312 g/mol. The van der Waals surface area contributed by atoms with E-state index in [9.17, 15) is 0 Å². The summed E-state index contributed by atoms with van der Waals surface area (Å²) in [6.45, 7) is 8.00. The van der Waals surface area contributed by atoms with E-state index in [0.717, 1.165) is 25.3 Å².